The van der Waals surface area contributed by atoms with Crippen LogP contribution in [-0.2, 0) is 19.4 Å². The van der Waals surface area contributed by atoms with E-state index in [0.717, 1.165) is 19.4 Å². The molecule has 0 radical (unpaired) electrons. The largest absolute Gasteiger partial charge is 0.363 e. The van der Waals surface area contributed by atoms with E-state index < -0.39 is 0 Å². The predicted molar refractivity (Wildman–Crippen MR) is 96.7 cm³/mol. The average molecular weight is 299 g/mol. The number of para-hydroxylation sites is 1. The fraction of sp³-hybridized carbons (Fsp3) is 0.182. The summed E-state index contributed by atoms with van der Waals surface area (Å²) in [5.74, 6) is 0. The van der Waals surface area contributed by atoms with Gasteiger partial charge in [0.15, 0.2) is 0 Å². The summed E-state index contributed by atoms with van der Waals surface area (Å²) in [4.78, 5) is 2.58. The van der Waals surface area contributed by atoms with Crippen molar-refractivity contribution in [2.75, 3.05) is 4.90 Å². The lowest BCUT2D eigenvalue weighted by Crippen LogP contribution is -2.33. The number of nitrogens with zero attached hydrogens (tertiary/aromatic N) is 1. The van der Waals surface area contributed by atoms with Gasteiger partial charge in [0.25, 0.3) is 0 Å². The van der Waals surface area contributed by atoms with Gasteiger partial charge in [0.1, 0.15) is 0 Å². The molecule has 0 saturated heterocycles. The standard InChI is InChI=1S/C22H21N/c1-3-9-18(10-4-1)15-21-16-20-13-7-8-14-22(20)23(21)17-19-11-5-2-6-12-19/h1-14,21H,15-17H2. The van der Waals surface area contributed by atoms with Crippen LogP contribution in [0.2, 0.25) is 0 Å². The molecule has 1 nitrogen and oxygen atoms in total. The molecule has 4 rings (SSSR count). The first kappa shape index (κ1) is 14.1. The lowest BCUT2D eigenvalue weighted by Gasteiger charge is -2.28. The molecule has 1 aliphatic heterocycles. The van der Waals surface area contributed by atoms with Gasteiger partial charge in [-0.3, -0.25) is 0 Å². The van der Waals surface area contributed by atoms with Crippen molar-refractivity contribution in [2.24, 2.45) is 0 Å². The van der Waals surface area contributed by atoms with Gasteiger partial charge >= 0.3 is 0 Å². The zero-order chi connectivity index (χ0) is 15.5. The molecule has 0 spiro atoms. The Labute approximate surface area is 138 Å². The average Bonchev–Trinajstić information content (AvgIpc) is 2.94. The van der Waals surface area contributed by atoms with Crippen molar-refractivity contribution in [2.45, 2.75) is 25.4 Å². The zero-order valence-corrected chi connectivity index (χ0v) is 13.2. The summed E-state index contributed by atoms with van der Waals surface area (Å²) in [5.41, 5.74) is 5.67. The second-order valence-electron chi connectivity index (χ2n) is 6.29. The first-order valence-corrected chi connectivity index (χ1v) is 8.32. The smallest absolute Gasteiger partial charge is 0.0432 e. The van der Waals surface area contributed by atoms with Crippen LogP contribution in [0.1, 0.15) is 16.7 Å². The SMILES string of the molecule is c1ccc(CC2Cc3ccccc3N2Cc2ccccc2)cc1. The van der Waals surface area contributed by atoms with Crippen molar-refractivity contribution >= 4 is 5.69 Å². The molecule has 23 heavy (non-hydrogen) atoms. The molecular weight excluding hydrogens is 278 g/mol. The van der Waals surface area contributed by atoms with E-state index in [1.807, 2.05) is 0 Å². The van der Waals surface area contributed by atoms with Gasteiger partial charge in [-0.05, 0) is 35.6 Å². The zero-order valence-electron chi connectivity index (χ0n) is 13.2. The Morgan fingerprint density at radius 2 is 1.30 bits per heavy atom. The summed E-state index contributed by atoms with van der Waals surface area (Å²) >= 11 is 0. The Hall–Kier alpha value is -2.54. The molecule has 1 unspecified atom stereocenters. The summed E-state index contributed by atoms with van der Waals surface area (Å²) in [6.07, 6.45) is 2.24. The first-order chi connectivity index (χ1) is 11.4. The molecule has 1 aliphatic rings. The third kappa shape index (κ3) is 3.00. The lowest BCUT2D eigenvalue weighted by molar-refractivity contribution is 0.617. The summed E-state index contributed by atoms with van der Waals surface area (Å²) < 4.78 is 0. The Morgan fingerprint density at radius 3 is 2.04 bits per heavy atom. The van der Waals surface area contributed by atoms with Gasteiger partial charge in [0.2, 0.25) is 0 Å². The van der Waals surface area contributed by atoms with Crippen LogP contribution in [0.25, 0.3) is 0 Å². The maximum absolute atomic E-state index is 2.58. The van der Waals surface area contributed by atoms with Gasteiger partial charge in [-0.1, -0.05) is 78.9 Å². The van der Waals surface area contributed by atoms with Gasteiger partial charge in [-0.15, -0.1) is 0 Å². The van der Waals surface area contributed by atoms with Gasteiger partial charge < -0.3 is 4.90 Å². The minimum Gasteiger partial charge on any atom is -0.363 e. The summed E-state index contributed by atoms with van der Waals surface area (Å²) in [6, 6.07) is 31.0. The number of anilines is 1. The molecule has 3 aromatic carbocycles. The number of fused-ring (bicyclic) bond motifs is 1. The van der Waals surface area contributed by atoms with Crippen molar-refractivity contribution in [3.63, 3.8) is 0 Å². The molecule has 114 valence electrons. The third-order valence-electron chi connectivity index (χ3n) is 4.71. The van der Waals surface area contributed by atoms with Crippen LogP contribution in [-0.4, -0.2) is 6.04 Å². The highest BCUT2D eigenvalue weighted by atomic mass is 15.2. The Morgan fingerprint density at radius 1 is 0.696 bits per heavy atom. The number of rotatable bonds is 4. The van der Waals surface area contributed by atoms with E-state index in [1.54, 1.807) is 0 Å². The van der Waals surface area contributed by atoms with Crippen molar-refractivity contribution in [1.29, 1.82) is 0 Å². The minimum atomic E-state index is 0.537. The predicted octanol–water partition coefficient (Wildman–Crippen LogP) is 4.86. The summed E-state index contributed by atoms with van der Waals surface area (Å²) in [5, 5.41) is 0. The normalized spacial score (nSPS) is 16.3. The molecule has 0 aromatic heterocycles. The number of hydrogen-bond donors (Lipinski definition) is 0. The van der Waals surface area contributed by atoms with Crippen LogP contribution in [0, 0.1) is 0 Å². The highest BCUT2D eigenvalue weighted by Gasteiger charge is 2.28. The van der Waals surface area contributed by atoms with E-state index in [4.69, 9.17) is 0 Å². The van der Waals surface area contributed by atoms with Crippen LogP contribution >= 0.6 is 0 Å². The molecule has 0 amide bonds. The van der Waals surface area contributed by atoms with Crippen LogP contribution in [0.4, 0.5) is 5.69 Å². The van der Waals surface area contributed by atoms with Gasteiger partial charge in [0.05, 0.1) is 0 Å². The van der Waals surface area contributed by atoms with Crippen molar-refractivity contribution in [3.8, 4) is 0 Å². The minimum absolute atomic E-state index is 0.537. The fourth-order valence-corrected chi connectivity index (χ4v) is 3.59. The van der Waals surface area contributed by atoms with Gasteiger partial charge in [0, 0.05) is 18.3 Å². The molecule has 0 aliphatic carbocycles. The van der Waals surface area contributed by atoms with Crippen LogP contribution in [0.3, 0.4) is 0 Å². The topological polar surface area (TPSA) is 3.24 Å². The van der Waals surface area contributed by atoms with Crippen molar-refractivity contribution < 1.29 is 0 Å². The second-order valence-corrected chi connectivity index (χ2v) is 6.29. The summed E-state index contributed by atoms with van der Waals surface area (Å²) in [7, 11) is 0. The van der Waals surface area contributed by atoms with Crippen LogP contribution in [0.5, 0.6) is 0 Å². The number of benzene rings is 3. The third-order valence-corrected chi connectivity index (χ3v) is 4.71. The fourth-order valence-electron chi connectivity index (χ4n) is 3.59. The van der Waals surface area contributed by atoms with Gasteiger partial charge in [-0.2, -0.15) is 0 Å². The second kappa shape index (κ2) is 6.29. The monoisotopic (exact) mass is 299 g/mol. The van der Waals surface area contributed by atoms with E-state index in [-0.39, 0.29) is 0 Å². The van der Waals surface area contributed by atoms with E-state index in [2.05, 4.69) is 89.8 Å². The molecule has 1 heteroatoms. The van der Waals surface area contributed by atoms with Crippen LogP contribution < -0.4 is 4.90 Å². The molecule has 0 fully saturated rings. The quantitative estimate of drug-likeness (QED) is 0.665. The molecule has 1 heterocycles. The van der Waals surface area contributed by atoms with Gasteiger partial charge in [-0.25, -0.2) is 0 Å². The number of hydrogen-bond acceptors (Lipinski definition) is 1. The highest BCUT2D eigenvalue weighted by molar-refractivity contribution is 5.60. The van der Waals surface area contributed by atoms with Crippen LogP contribution in [0.15, 0.2) is 84.9 Å². The Bertz CT molecular complexity index is 764. The van der Waals surface area contributed by atoms with Crippen molar-refractivity contribution in [1.82, 2.24) is 0 Å². The Kier molecular flexibility index (Phi) is 3.85. The van der Waals surface area contributed by atoms with Crippen molar-refractivity contribution in [3.05, 3.63) is 102 Å². The molecular formula is C22H21N. The van der Waals surface area contributed by atoms with E-state index >= 15 is 0 Å². The lowest BCUT2D eigenvalue weighted by atomic mass is 10.0. The van der Waals surface area contributed by atoms with E-state index in [0.29, 0.717) is 6.04 Å². The Balaban J connectivity index is 1.63. The van der Waals surface area contributed by atoms with E-state index in [1.165, 1.54) is 22.4 Å². The molecule has 3 aromatic rings. The molecule has 1 atom stereocenters. The summed E-state index contributed by atoms with van der Waals surface area (Å²) in [6.45, 7) is 0.982. The highest BCUT2D eigenvalue weighted by Crippen LogP contribution is 2.34. The first-order valence-electron chi connectivity index (χ1n) is 8.32. The molecule has 0 saturated carbocycles. The maximum atomic E-state index is 2.58. The van der Waals surface area contributed by atoms with E-state index in [9.17, 15) is 0 Å². The molecule has 0 N–H and O–H groups in total. The maximum Gasteiger partial charge on any atom is 0.0432 e. The molecule has 0 bridgehead atoms.